The summed E-state index contributed by atoms with van der Waals surface area (Å²) in [7, 11) is 1.51. The van der Waals surface area contributed by atoms with Crippen LogP contribution in [0.2, 0.25) is 0 Å². The monoisotopic (exact) mass is 308 g/mol. The summed E-state index contributed by atoms with van der Waals surface area (Å²) in [5.74, 6) is -0.584. The Hall–Kier alpha value is -2.21. The number of amides is 1. The van der Waals surface area contributed by atoms with Crippen LogP contribution in [0, 0.1) is 0 Å². The van der Waals surface area contributed by atoms with E-state index >= 15 is 0 Å². The largest absolute Gasteiger partial charge is 0.428 e. The van der Waals surface area contributed by atoms with E-state index in [0.29, 0.717) is 0 Å². The van der Waals surface area contributed by atoms with Crippen LogP contribution < -0.4 is 0 Å². The predicted octanol–water partition coefficient (Wildman–Crippen LogP) is 2.72. The molecule has 0 fully saturated rings. The summed E-state index contributed by atoms with van der Waals surface area (Å²) in [4.78, 5) is 31.0. The predicted molar refractivity (Wildman–Crippen MR) is 83.4 cm³/mol. The highest BCUT2D eigenvalue weighted by Crippen LogP contribution is 2.26. The minimum atomic E-state index is -0.797. The van der Waals surface area contributed by atoms with Crippen molar-refractivity contribution >= 4 is 11.9 Å². The topological polar surface area (TPSA) is 68.7 Å². The quantitative estimate of drug-likeness (QED) is 0.746. The first-order valence-corrected chi connectivity index (χ1v) is 7.05. The van der Waals surface area contributed by atoms with E-state index in [1.165, 1.54) is 20.0 Å². The Morgan fingerprint density at radius 2 is 1.77 bits per heavy atom. The van der Waals surface area contributed by atoms with Gasteiger partial charge in [-0.15, -0.1) is 0 Å². The fraction of sp³-hybridized carbons (Fsp3) is 0.438. The molecule has 2 heterocycles. The van der Waals surface area contributed by atoms with Gasteiger partial charge in [0.05, 0.1) is 0 Å². The molecule has 0 saturated heterocycles. The average molecular weight is 308 g/mol. The van der Waals surface area contributed by atoms with E-state index in [2.05, 4.69) is 4.98 Å². The zero-order chi connectivity index (χ0) is 17.2. The number of rotatable bonds is 1. The van der Waals surface area contributed by atoms with E-state index < -0.39 is 11.6 Å². The van der Waals surface area contributed by atoms with E-state index in [1.54, 1.807) is 26.2 Å². The van der Waals surface area contributed by atoms with Crippen molar-refractivity contribution in [3.63, 3.8) is 0 Å². The van der Waals surface area contributed by atoms with Crippen LogP contribution in [0.5, 0.6) is 0 Å². The third-order valence-electron chi connectivity index (χ3n) is 2.34. The number of hydrogen-bond donors (Lipinski definition) is 0. The minimum absolute atomic E-state index is 0.230. The summed E-state index contributed by atoms with van der Waals surface area (Å²) in [5, 5.41) is 1.10. The van der Waals surface area contributed by atoms with Crippen molar-refractivity contribution in [3.8, 4) is 0 Å². The standard InChI is InChI=1S/C9H13NO4.C5H5N.C2H6/c1-6(11)13-7-5-8(12)10(4)14-9(7,2)3;1-2-4-6-5-3-1;1-2/h5H,1-4H3;1-5H;1-2H3. The highest BCUT2D eigenvalue weighted by Gasteiger charge is 2.35. The van der Waals surface area contributed by atoms with Crippen LogP contribution in [0.25, 0.3) is 0 Å². The Balaban J connectivity index is 0.000000457. The Morgan fingerprint density at radius 3 is 2.14 bits per heavy atom. The van der Waals surface area contributed by atoms with Crippen LogP contribution in [0.4, 0.5) is 0 Å². The lowest BCUT2D eigenvalue weighted by Gasteiger charge is -2.34. The van der Waals surface area contributed by atoms with Gasteiger partial charge in [-0.1, -0.05) is 19.9 Å². The molecule has 0 N–H and O–H groups in total. The van der Waals surface area contributed by atoms with Gasteiger partial charge < -0.3 is 4.74 Å². The van der Waals surface area contributed by atoms with Crippen LogP contribution in [0.3, 0.4) is 0 Å². The summed E-state index contributed by atoms with van der Waals surface area (Å²) >= 11 is 0. The molecule has 22 heavy (non-hydrogen) atoms. The van der Waals surface area contributed by atoms with Crippen LogP contribution in [-0.4, -0.2) is 34.6 Å². The van der Waals surface area contributed by atoms with Gasteiger partial charge >= 0.3 is 5.97 Å². The molecule has 1 amide bonds. The van der Waals surface area contributed by atoms with Gasteiger partial charge in [-0.2, -0.15) is 0 Å². The molecule has 0 radical (unpaired) electrons. The van der Waals surface area contributed by atoms with Crippen molar-refractivity contribution in [1.82, 2.24) is 10.0 Å². The van der Waals surface area contributed by atoms with Gasteiger partial charge in [-0.3, -0.25) is 19.4 Å². The second-order valence-corrected chi connectivity index (χ2v) is 4.56. The normalized spacial score (nSPS) is 15.5. The van der Waals surface area contributed by atoms with Gasteiger partial charge in [0.15, 0.2) is 0 Å². The highest BCUT2D eigenvalue weighted by molar-refractivity contribution is 5.88. The number of likely N-dealkylation sites (N-methyl/N-ethyl adjacent to an activating group) is 1. The molecule has 1 aromatic rings. The number of carbonyl (C=O) groups is 2. The van der Waals surface area contributed by atoms with Crippen molar-refractivity contribution in [2.75, 3.05) is 7.05 Å². The van der Waals surface area contributed by atoms with E-state index in [-0.39, 0.29) is 11.7 Å². The molecule has 1 aliphatic rings. The second kappa shape index (κ2) is 9.68. The molecule has 0 bridgehead atoms. The van der Waals surface area contributed by atoms with E-state index in [9.17, 15) is 9.59 Å². The fourth-order valence-electron chi connectivity index (χ4n) is 1.43. The molecular formula is C16H24N2O4. The van der Waals surface area contributed by atoms with Gasteiger partial charge in [-0.05, 0) is 26.0 Å². The van der Waals surface area contributed by atoms with E-state index in [1.807, 2.05) is 32.0 Å². The fourth-order valence-corrected chi connectivity index (χ4v) is 1.43. The van der Waals surface area contributed by atoms with Gasteiger partial charge in [0, 0.05) is 32.4 Å². The van der Waals surface area contributed by atoms with Crippen molar-refractivity contribution in [3.05, 3.63) is 42.4 Å². The number of aromatic nitrogens is 1. The molecule has 122 valence electrons. The van der Waals surface area contributed by atoms with E-state index in [0.717, 1.165) is 5.06 Å². The lowest BCUT2D eigenvalue weighted by molar-refractivity contribution is -0.223. The van der Waals surface area contributed by atoms with Crippen molar-refractivity contribution in [2.24, 2.45) is 0 Å². The maximum atomic E-state index is 11.2. The van der Waals surface area contributed by atoms with Gasteiger partial charge in [-0.25, -0.2) is 5.06 Å². The number of hydroxylamine groups is 2. The Bertz CT molecular complexity index is 471. The van der Waals surface area contributed by atoms with Crippen molar-refractivity contribution < 1.29 is 19.2 Å². The number of carbonyl (C=O) groups excluding carboxylic acids is 2. The van der Waals surface area contributed by atoms with E-state index in [4.69, 9.17) is 9.57 Å². The third-order valence-corrected chi connectivity index (χ3v) is 2.34. The Labute approximate surface area is 131 Å². The molecule has 1 aromatic heterocycles. The average Bonchev–Trinajstić information content (AvgIpc) is 2.49. The second-order valence-electron chi connectivity index (χ2n) is 4.56. The third kappa shape index (κ3) is 6.99. The first-order chi connectivity index (χ1) is 10.3. The van der Waals surface area contributed by atoms with Crippen LogP contribution in [0.1, 0.15) is 34.6 Å². The summed E-state index contributed by atoms with van der Waals surface area (Å²) in [6, 6.07) is 5.72. The lowest BCUT2D eigenvalue weighted by Crippen LogP contribution is -2.43. The SMILES string of the molecule is CC.CC(=O)OC1=CC(=O)N(C)OC1(C)C.c1ccncc1. The molecule has 1 aliphatic heterocycles. The molecule has 0 spiro atoms. The minimum Gasteiger partial charge on any atom is -0.428 e. The molecule has 2 rings (SSSR count). The molecule has 0 saturated carbocycles. The first kappa shape index (κ1) is 19.8. The smallest absolute Gasteiger partial charge is 0.307 e. The number of nitrogens with zero attached hydrogens (tertiary/aromatic N) is 2. The van der Waals surface area contributed by atoms with Gasteiger partial charge in [0.1, 0.15) is 11.4 Å². The highest BCUT2D eigenvalue weighted by atomic mass is 16.7. The number of ether oxygens (including phenoxy) is 1. The Morgan fingerprint density at radius 1 is 1.23 bits per heavy atom. The van der Waals surface area contributed by atoms with Crippen LogP contribution >= 0.6 is 0 Å². The summed E-state index contributed by atoms with van der Waals surface area (Å²) < 4.78 is 4.87. The maximum Gasteiger partial charge on any atom is 0.307 e. The zero-order valence-corrected chi connectivity index (χ0v) is 14.0. The molecule has 0 aliphatic carbocycles. The lowest BCUT2D eigenvalue weighted by atomic mass is 10.1. The van der Waals surface area contributed by atoms with Gasteiger partial charge in [0.25, 0.3) is 5.91 Å². The molecule has 0 unspecified atom stereocenters. The number of esters is 1. The first-order valence-electron chi connectivity index (χ1n) is 7.05. The molecular weight excluding hydrogens is 284 g/mol. The molecule has 6 nitrogen and oxygen atoms in total. The number of hydrogen-bond acceptors (Lipinski definition) is 5. The Kier molecular flexibility index (Phi) is 8.70. The van der Waals surface area contributed by atoms with Crippen molar-refractivity contribution in [1.29, 1.82) is 0 Å². The van der Waals surface area contributed by atoms with Crippen LogP contribution in [-0.2, 0) is 19.2 Å². The van der Waals surface area contributed by atoms with Gasteiger partial charge in [0.2, 0.25) is 0 Å². The maximum absolute atomic E-state index is 11.2. The summed E-state index contributed by atoms with van der Waals surface area (Å²) in [5.41, 5.74) is -0.797. The molecule has 6 heteroatoms. The zero-order valence-electron chi connectivity index (χ0n) is 14.0. The number of pyridine rings is 1. The molecule has 0 atom stereocenters. The van der Waals surface area contributed by atoms with Crippen LogP contribution in [0.15, 0.2) is 42.4 Å². The summed E-state index contributed by atoms with van der Waals surface area (Å²) in [6.07, 6.45) is 4.75. The van der Waals surface area contributed by atoms with Crippen molar-refractivity contribution in [2.45, 2.75) is 40.2 Å². The molecule has 0 aromatic carbocycles. The summed E-state index contributed by atoms with van der Waals surface area (Å²) in [6.45, 7) is 8.70.